The number of ether oxygens (including phenoxy) is 2. The maximum Gasteiger partial charge on any atom is 0.209 e. The van der Waals surface area contributed by atoms with E-state index >= 15 is 0 Å². The van der Waals surface area contributed by atoms with Gasteiger partial charge >= 0.3 is 0 Å². The molecule has 0 unspecified atom stereocenters. The minimum atomic E-state index is -3.31. The van der Waals surface area contributed by atoms with Gasteiger partial charge in [0.1, 0.15) is 5.75 Å². The number of sulfonamides is 1. The van der Waals surface area contributed by atoms with Crippen molar-refractivity contribution >= 4 is 10.0 Å². The largest absolute Gasteiger partial charge is 0.494 e. The first-order valence-corrected chi connectivity index (χ1v) is 8.44. The lowest BCUT2D eigenvalue weighted by atomic mass is 10.2. The molecule has 0 heterocycles. The first-order valence-electron chi connectivity index (χ1n) is 6.72. The highest BCUT2D eigenvalue weighted by Crippen LogP contribution is 2.14. The number of unbranched alkanes of at least 4 members (excludes halogenated alkanes) is 3. The summed E-state index contributed by atoms with van der Waals surface area (Å²) < 4.78 is 32.2. The Bertz CT molecular complexity index is 488. The number of hydrogen-bond donors (Lipinski definition) is 1. The molecule has 0 spiro atoms. The quantitative estimate of drug-likeness (QED) is 0.671. The van der Waals surface area contributed by atoms with Gasteiger partial charge in [-0.1, -0.05) is 25.0 Å². The second kappa shape index (κ2) is 8.94. The second-order valence-electron chi connectivity index (χ2n) is 4.71. The van der Waals surface area contributed by atoms with Crippen molar-refractivity contribution in [3.63, 3.8) is 0 Å². The van der Waals surface area contributed by atoms with Crippen LogP contribution in [0.4, 0.5) is 0 Å². The predicted molar refractivity (Wildman–Crippen MR) is 79.1 cm³/mol. The van der Waals surface area contributed by atoms with Gasteiger partial charge in [-0.05, 0) is 30.5 Å². The fraction of sp³-hybridized carbons (Fsp3) is 0.571. The average Bonchev–Trinajstić information content (AvgIpc) is 2.37. The summed E-state index contributed by atoms with van der Waals surface area (Å²) in [6, 6.07) is 7.81. The van der Waals surface area contributed by atoms with E-state index in [4.69, 9.17) is 14.6 Å². The average molecular weight is 301 g/mol. The first kappa shape index (κ1) is 16.9. The zero-order chi connectivity index (χ0) is 14.8. The minimum Gasteiger partial charge on any atom is -0.494 e. The Morgan fingerprint density at radius 3 is 2.60 bits per heavy atom. The molecule has 1 aromatic rings. The number of nitrogens with two attached hydrogens (primary N) is 1. The summed E-state index contributed by atoms with van der Waals surface area (Å²) in [5, 5.41) is 4.93. The van der Waals surface area contributed by atoms with Crippen LogP contribution in [0.2, 0.25) is 0 Å². The van der Waals surface area contributed by atoms with Crippen molar-refractivity contribution in [2.45, 2.75) is 32.3 Å². The third kappa shape index (κ3) is 8.14. The fourth-order valence-electron chi connectivity index (χ4n) is 1.84. The molecule has 2 N–H and O–H groups in total. The van der Waals surface area contributed by atoms with Crippen molar-refractivity contribution in [1.82, 2.24) is 0 Å². The van der Waals surface area contributed by atoms with Crippen LogP contribution >= 0.6 is 0 Å². The summed E-state index contributed by atoms with van der Waals surface area (Å²) >= 11 is 0. The van der Waals surface area contributed by atoms with Gasteiger partial charge in [-0.25, -0.2) is 13.6 Å². The van der Waals surface area contributed by atoms with Crippen molar-refractivity contribution < 1.29 is 17.9 Å². The van der Waals surface area contributed by atoms with Crippen LogP contribution in [-0.2, 0) is 21.4 Å². The Morgan fingerprint density at radius 2 is 1.90 bits per heavy atom. The fourth-order valence-corrected chi connectivity index (χ4v) is 2.45. The van der Waals surface area contributed by atoms with Crippen molar-refractivity contribution in [3.05, 3.63) is 29.8 Å². The number of rotatable bonds is 10. The summed E-state index contributed by atoms with van der Waals surface area (Å²) in [7, 11) is -1.65. The predicted octanol–water partition coefficient (Wildman–Crippen LogP) is 2.06. The molecule has 0 saturated carbocycles. The minimum absolute atomic E-state index is 0.0624. The molecule has 0 aromatic heterocycles. The lowest BCUT2D eigenvalue weighted by Gasteiger charge is -2.07. The highest BCUT2D eigenvalue weighted by Gasteiger charge is 2.01. The molecule has 0 atom stereocenters. The molecule has 20 heavy (non-hydrogen) atoms. The van der Waals surface area contributed by atoms with Crippen molar-refractivity contribution in [2.75, 3.05) is 19.5 Å². The van der Waals surface area contributed by atoms with Crippen LogP contribution in [0, 0.1) is 0 Å². The molecule has 0 fully saturated rings. The zero-order valence-electron chi connectivity index (χ0n) is 11.9. The highest BCUT2D eigenvalue weighted by molar-refractivity contribution is 7.89. The van der Waals surface area contributed by atoms with Crippen LogP contribution in [0.1, 0.15) is 31.2 Å². The van der Waals surface area contributed by atoms with E-state index in [0.717, 1.165) is 30.6 Å². The lowest BCUT2D eigenvalue weighted by Crippen LogP contribution is -2.16. The van der Waals surface area contributed by atoms with E-state index in [-0.39, 0.29) is 5.75 Å². The van der Waals surface area contributed by atoms with Crippen molar-refractivity contribution in [3.8, 4) is 5.75 Å². The number of hydrogen-bond acceptors (Lipinski definition) is 4. The van der Waals surface area contributed by atoms with E-state index in [1.165, 1.54) is 0 Å². The Morgan fingerprint density at radius 1 is 1.15 bits per heavy atom. The van der Waals surface area contributed by atoms with E-state index in [1.54, 1.807) is 7.11 Å². The lowest BCUT2D eigenvalue weighted by molar-refractivity contribution is 0.184. The molecule has 1 aromatic carbocycles. The maximum absolute atomic E-state index is 10.7. The number of benzene rings is 1. The highest BCUT2D eigenvalue weighted by atomic mass is 32.2. The van der Waals surface area contributed by atoms with E-state index in [9.17, 15) is 8.42 Å². The van der Waals surface area contributed by atoms with Gasteiger partial charge < -0.3 is 9.47 Å². The van der Waals surface area contributed by atoms with E-state index < -0.39 is 10.0 Å². The summed E-state index contributed by atoms with van der Waals surface area (Å²) in [6.45, 7) is 1.20. The Balaban J connectivity index is 2.13. The molecule has 5 nitrogen and oxygen atoms in total. The maximum atomic E-state index is 10.7. The van der Waals surface area contributed by atoms with Crippen LogP contribution < -0.4 is 9.88 Å². The Labute approximate surface area is 121 Å². The van der Waals surface area contributed by atoms with Gasteiger partial charge in [-0.2, -0.15) is 0 Å². The first-order chi connectivity index (χ1) is 9.51. The molecule has 0 aliphatic heterocycles. The van der Waals surface area contributed by atoms with Crippen molar-refractivity contribution in [2.24, 2.45) is 5.14 Å². The topological polar surface area (TPSA) is 78.6 Å². The van der Waals surface area contributed by atoms with Gasteiger partial charge in [0.05, 0.1) is 19.0 Å². The third-order valence-electron chi connectivity index (χ3n) is 2.80. The SMILES string of the molecule is COCc1cccc(OCCCCCCS(N)(=O)=O)c1. The Kier molecular flexibility index (Phi) is 7.58. The summed E-state index contributed by atoms with van der Waals surface area (Å²) in [5.74, 6) is 0.900. The molecule has 1 rings (SSSR count). The van der Waals surface area contributed by atoms with Gasteiger partial charge in [-0.15, -0.1) is 0 Å². The molecular weight excluding hydrogens is 278 g/mol. The molecule has 0 aliphatic rings. The molecule has 114 valence electrons. The second-order valence-corrected chi connectivity index (χ2v) is 6.44. The van der Waals surface area contributed by atoms with E-state index in [1.807, 2.05) is 24.3 Å². The molecule has 6 heteroatoms. The molecule has 0 radical (unpaired) electrons. The van der Waals surface area contributed by atoms with Gasteiger partial charge in [0.25, 0.3) is 0 Å². The monoisotopic (exact) mass is 301 g/mol. The van der Waals surface area contributed by atoms with Gasteiger partial charge in [0, 0.05) is 7.11 Å². The van der Waals surface area contributed by atoms with Crippen LogP contribution in [-0.4, -0.2) is 27.9 Å². The van der Waals surface area contributed by atoms with Crippen LogP contribution in [0.5, 0.6) is 5.75 Å². The summed E-state index contributed by atoms with van der Waals surface area (Å²) in [5.41, 5.74) is 1.08. The number of primary sulfonamides is 1. The standard InChI is InChI=1S/C14H23NO4S/c1-18-12-13-7-6-8-14(11-13)19-9-4-2-3-5-10-20(15,16)17/h6-8,11H,2-5,9-10,12H2,1H3,(H2,15,16,17). The summed E-state index contributed by atoms with van der Waals surface area (Å²) in [4.78, 5) is 0. The smallest absolute Gasteiger partial charge is 0.209 e. The molecule has 0 saturated heterocycles. The number of methoxy groups -OCH3 is 1. The molecule has 0 aliphatic carbocycles. The normalized spacial score (nSPS) is 11.5. The van der Waals surface area contributed by atoms with E-state index in [0.29, 0.717) is 19.6 Å². The summed E-state index contributed by atoms with van der Waals surface area (Å²) in [6.07, 6.45) is 3.30. The molecule has 0 amide bonds. The van der Waals surface area contributed by atoms with Crippen LogP contribution in [0.15, 0.2) is 24.3 Å². The van der Waals surface area contributed by atoms with Gasteiger partial charge in [0.15, 0.2) is 0 Å². The Hall–Kier alpha value is -1.11. The van der Waals surface area contributed by atoms with Gasteiger partial charge in [0.2, 0.25) is 10.0 Å². The van der Waals surface area contributed by atoms with E-state index in [2.05, 4.69) is 0 Å². The third-order valence-corrected chi connectivity index (χ3v) is 3.66. The van der Waals surface area contributed by atoms with Crippen molar-refractivity contribution in [1.29, 1.82) is 0 Å². The van der Waals surface area contributed by atoms with Crippen LogP contribution in [0.3, 0.4) is 0 Å². The molecular formula is C14H23NO4S. The van der Waals surface area contributed by atoms with Gasteiger partial charge in [-0.3, -0.25) is 0 Å². The molecule has 0 bridgehead atoms. The van der Waals surface area contributed by atoms with Crippen LogP contribution in [0.25, 0.3) is 0 Å². The zero-order valence-corrected chi connectivity index (χ0v) is 12.7.